The number of anilines is 1. The Morgan fingerprint density at radius 3 is 2.58 bits per heavy atom. The Labute approximate surface area is 186 Å². The predicted octanol–water partition coefficient (Wildman–Crippen LogP) is 7.37. The van der Waals surface area contributed by atoms with Gasteiger partial charge in [0.25, 0.3) is 0 Å². The summed E-state index contributed by atoms with van der Waals surface area (Å²) in [6, 6.07) is 22.5. The van der Waals surface area contributed by atoms with Gasteiger partial charge in [0.15, 0.2) is 11.5 Å². The number of fused-ring (bicyclic) bond motifs is 2. The van der Waals surface area contributed by atoms with Gasteiger partial charge in [-0.3, -0.25) is 5.10 Å². The summed E-state index contributed by atoms with van der Waals surface area (Å²) in [5.74, 6) is 0.494. The molecule has 0 amide bonds. The van der Waals surface area contributed by atoms with Crippen molar-refractivity contribution in [2.75, 3.05) is 5.32 Å². The number of hydrogen-bond acceptors (Lipinski definition) is 2. The molecule has 0 fully saturated rings. The van der Waals surface area contributed by atoms with Crippen LogP contribution < -0.4 is 5.32 Å². The fraction of sp³-hybridized carbons (Fsp3) is 0.154. The number of nitrogens with one attached hydrogen (secondary N) is 2. The van der Waals surface area contributed by atoms with Crippen LogP contribution in [0.3, 0.4) is 0 Å². The third-order valence-corrected chi connectivity index (χ3v) is 6.16. The number of aromatic amines is 1. The molecule has 0 saturated carbocycles. The first-order valence-corrected chi connectivity index (χ1v) is 10.8. The first kappa shape index (κ1) is 19.4. The first-order valence-electron chi connectivity index (χ1n) is 10.4. The standard InChI is InChI=1S/C26H21ClN4/c1-3-8-21-25(28-2)22(19-11-6-7-12-20(19)27)23-24(30-31-26(23)29-21)18-14-13-16-9-4-5-10-17(16)15-18/h4-7,9-15,22H,3,8H2,1H3,(H2,29,30,31). The van der Waals surface area contributed by atoms with E-state index < -0.39 is 0 Å². The van der Waals surface area contributed by atoms with Crippen molar-refractivity contribution in [2.24, 2.45) is 0 Å². The van der Waals surface area contributed by atoms with E-state index in [1.165, 1.54) is 5.39 Å². The topological polar surface area (TPSA) is 45.1 Å². The van der Waals surface area contributed by atoms with Crippen LogP contribution in [0.2, 0.25) is 5.02 Å². The molecule has 1 unspecified atom stereocenters. The summed E-state index contributed by atoms with van der Waals surface area (Å²) in [5, 5.41) is 14.3. The summed E-state index contributed by atoms with van der Waals surface area (Å²) < 4.78 is 0. The third-order valence-electron chi connectivity index (χ3n) is 5.82. The summed E-state index contributed by atoms with van der Waals surface area (Å²) in [6.45, 7) is 10.1. The SMILES string of the molecule is [C-]#[N+]C1=C(CCC)Nc2n[nH]c(-c3ccc4ccccc4c3)c2C1c1ccccc1Cl. The Bertz CT molecular complexity index is 1360. The minimum atomic E-state index is -0.274. The maximum absolute atomic E-state index is 7.99. The summed E-state index contributed by atoms with van der Waals surface area (Å²) in [6.07, 6.45) is 1.73. The molecule has 1 aliphatic rings. The number of rotatable bonds is 4. The first-order chi connectivity index (χ1) is 15.2. The lowest BCUT2D eigenvalue weighted by atomic mass is 9.83. The van der Waals surface area contributed by atoms with E-state index in [0.29, 0.717) is 10.7 Å². The van der Waals surface area contributed by atoms with Gasteiger partial charge in [0.2, 0.25) is 0 Å². The lowest BCUT2D eigenvalue weighted by Gasteiger charge is -2.27. The van der Waals surface area contributed by atoms with Crippen molar-refractivity contribution in [1.29, 1.82) is 0 Å². The molecule has 5 rings (SSSR count). The second kappa shape index (κ2) is 7.94. The van der Waals surface area contributed by atoms with Gasteiger partial charge in [0.1, 0.15) is 0 Å². The number of H-pyrrole nitrogens is 1. The second-order valence-corrected chi connectivity index (χ2v) is 8.14. The van der Waals surface area contributed by atoms with E-state index in [4.69, 9.17) is 18.2 Å². The van der Waals surface area contributed by atoms with Gasteiger partial charge in [-0.25, -0.2) is 4.85 Å². The summed E-state index contributed by atoms with van der Waals surface area (Å²) in [7, 11) is 0. The molecule has 1 atom stereocenters. The number of allylic oxidation sites excluding steroid dienone is 2. The van der Waals surface area contributed by atoms with E-state index in [0.717, 1.165) is 52.1 Å². The largest absolute Gasteiger partial charge is 0.352 e. The van der Waals surface area contributed by atoms with Crippen LogP contribution in [-0.4, -0.2) is 10.2 Å². The Hall–Kier alpha value is -3.55. The van der Waals surface area contributed by atoms with Gasteiger partial charge in [-0.15, -0.1) is 0 Å². The highest BCUT2D eigenvalue weighted by atomic mass is 35.5. The van der Waals surface area contributed by atoms with Crippen LogP contribution in [0.25, 0.3) is 26.9 Å². The van der Waals surface area contributed by atoms with Crippen molar-refractivity contribution in [3.05, 3.63) is 106 Å². The van der Waals surface area contributed by atoms with Crippen molar-refractivity contribution in [3.63, 3.8) is 0 Å². The molecule has 0 saturated heterocycles. The van der Waals surface area contributed by atoms with E-state index in [2.05, 4.69) is 57.6 Å². The summed E-state index contributed by atoms with van der Waals surface area (Å²) in [5.41, 5.74) is 5.45. The molecule has 0 spiro atoms. The molecule has 2 N–H and O–H groups in total. The smallest absolute Gasteiger partial charge is 0.196 e. The fourth-order valence-corrected chi connectivity index (χ4v) is 4.64. The molecule has 0 bridgehead atoms. The monoisotopic (exact) mass is 424 g/mol. The number of halogens is 1. The van der Waals surface area contributed by atoms with Crippen LogP contribution >= 0.6 is 11.6 Å². The molecule has 0 aliphatic carbocycles. The molecular formula is C26H21ClN4. The Morgan fingerprint density at radius 1 is 1.03 bits per heavy atom. The zero-order valence-electron chi connectivity index (χ0n) is 17.1. The summed E-state index contributed by atoms with van der Waals surface area (Å²) in [4.78, 5) is 3.98. The van der Waals surface area contributed by atoms with Crippen molar-refractivity contribution in [1.82, 2.24) is 10.2 Å². The molecule has 31 heavy (non-hydrogen) atoms. The van der Waals surface area contributed by atoms with E-state index >= 15 is 0 Å². The van der Waals surface area contributed by atoms with Crippen LogP contribution in [0.15, 0.2) is 78.1 Å². The minimum Gasteiger partial charge on any atom is -0.352 e. The molecule has 1 aliphatic heterocycles. The minimum absolute atomic E-state index is 0.274. The van der Waals surface area contributed by atoms with E-state index in [1.807, 2.05) is 36.4 Å². The molecule has 152 valence electrons. The van der Waals surface area contributed by atoms with E-state index in [1.54, 1.807) is 0 Å². The quantitative estimate of drug-likeness (QED) is 0.336. The zero-order valence-corrected chi connectivity index (χ0v) is 17.9. The van der Waals surface area contributed by atoms with Crippen molar-refractivity contribution in [3.8, 4) is 11.3 Å². The average molecular weight is 425 g/mol. The third kappa shape index (κ3) is 3.28. The van der Waals surface area contributed by atoms with Crippen LogP contribution in [0.5, 0.6) is 0 Å². The highest BCUT2D eigenvalue weighted by Gasteiger charge is 2.35. The maximum atomic E-state index is 7.99. The molecule has 3 aromatic carbocycles. The van der Waals surface area contributed by atoms with Gasteiger partial charge in [-0.2, -0.15) is 5.10 Å². The van der Waals surface area contributed by atoms with Crippen LogP contribution in [0, 0.1) is 6.57 Å². The van der Waals surface area contributed by atoms with Crippen molar-refractivity contribution < 1.29 is 0 Å². The van der Waals surface area contributed by atoms with Crippen LogP contribution in [0.1, 0.15) is 36.8 Å². The highest BCUT2D eigenvalue weighted by molar-refractivity contribution is 6.31. The fourth-order valence-electron chi connectivity index (χ4n) is 4.39. The Kier molecular flexibility index (Phi) is 4.97. The van der Waals surface area contributed by atoms with E-state index in [-0.39, 0.29) is 5.92 Å². The van der Waals surface area contributed by atoms with Gasteiger partial charge >= 0.3 is 0 Å². The molecule has 2 heterocycles. The van der Waals surface area contributed by atoms with Gasteiger partial charge in [-0.05, 0) is 34.9 Å². The van der Waals surface area contributed by atoms with Gasteiger partial charge in [-0.1, -0.05) is 79.5 Å². The van der Waals surface area contributed by atoms with Gasteiger partial charge < -0.3 is 5.32 Å². The Balaban J connectivity index is 1.75. The molecule has 5 heteroatoms. The Morgan fingerprint density at radius 2 is 1.81 bits per heavy atom. The number of benzene rings is 3. The van der Waals surface area contributed by atoms with Crippen molar-refractivity contribution >= 4 is 28.2 Å². The van der Waals surface area contributed by atoms with Crippen LogP contribution in [-0.2, 0) is 0 Å². The lowest BCUT2D eigenvalue weighted by molar-refractivity contribution is 0.845. The maximum Gasteiger partial charge on any atom is 0.196 e. The average Bonchev–Trinajstić information content (AvgIpc) is 3.22. The zero-order chi connectivity index (χ0) is 21.4. The molecule has 1 aromatic heterocycles. The lowest BCUT2D eigenvalue weighted by Crippen LogP contribution is -2.18. The van der Waals surface area contributed by atoms with Crippen LogP contribution in [0.4, 0.5) is 5.82 Å². The van der Waals surface area contributed by atoms with Gasteiger partial charge in [0, 0.05) is 21.8 Å². The number of aromatic nitrogens is 2. The second-order valence-electron chi connectivity index (χ2n) is 7.73. The number of hydrogen-bond donors (Lipinski definition) is 2. The van der Waals surface area contributed by atoms with E-state index in [9.17, 15) is 0 Å². The normalized spacial score (nSPS) is 15.5. The number of nitrogens with zero attached hydrogens (tertiary/aromatic N) is 2. The molecule has 4 aromatic rings. The molecular weight excluding hydrogens is 404 g/mol. The predicted molar refractivity (Wildman–Crippen MR) is 127 cm³/mol. The van der Waals surface area contributed by atoms with Gasteiger partial charge in [0.05, 0.1) is 18.2 Å². The molecule has 0 radical (unpaired) electrons. The molecule has 4 nitrogen and oxygen atoms in total. The summed E-state index contributed by atoms with van der Waals surface area (Å²) >= 11 is 6.64. The van der Waals surface area contributed by atoms with Crippen molar-refractivity contribution in [2.45, 2.75) is 25.7 Å². The highest BCUT2D eigenvalue weighted by Crippen LogP contribution is 2.48.